The van der Waals surface area contributed by atoms with Gasteiger partial charge in [0.15, 0.2) is 0 Å². The van der Waals surface area contributed by atoms with Crippen LogP contribution < -0.4 is 0 Å². The molecule has 2 unspecified atom stereocenters. The number of hydrogen-bond acceptors (Lipinski definition) is 4. The zero-order valence-corrected chi connectivity index (χ0v) is 18.8. The van der Waals surface area contributed by atoms with Gasteiger partial charge in [-0.3, -0.25) is 4.79 Å². The summed E-state index contributed by atoms with van der Waals surface area (Å²) < 4.78 is 10.5. The molecule has 0 amide bonds. The van der Waals surface area contributed by atoms with Gasteiger partial charge >= 0.3 is 11.9 Å². The normalized spacial score (nSPS) is 13.4. The summed E-state index contributed by atoms with van der Waals surface area (Å²) in [5, 5.41) is 0. The molecule has 0 aromatic carbocycles. The second-order valence-corrected chi connectivity index (χ2v) is 7.84. The Bertz CT molecular complexity index is 417. The first kappa shape index (κ1) is 26.7. The van der Waals surface area contributed by atoms with Crippen molar-refractivity contribution >= 4 is 11.9 Å². The molecule has 0 heterocycles. The summed E-state index contributed by atoms with van der Waals surface area (Å²) in [4.78, 5) is 23.0. The lowest BCUT2D eigenvalue weighted by molar-refractivity contribution is -0.148. The maximum Gasteiger partial charge on any atom is 0.330 e. The van der Waals surface area contributed by atoms with E-state index in [-0.39, 0.29) is 24.1 Å². The molecule has 0 rings (SSSR count). The zero-order chi connectivity index (χ0) is 21.0. The van der Waals surface area contributed by atoms with Crippen LogP contribution in [0.15, 0.2) is 12.2 Å². The van der Waals surface area contributed by atoms with E-state index >= 15 is 0 Å². The third-order valence-electron chi connectivity index (χ3n) is 5.06. The Morgan fingerprint density at radius 3 is 1.71 bits per heavy atom. The fraction of sp³-hybridized carbons (Fsp3) is 0.833. The lowest BCUT2D eigenvalue weighted by Gasteiger charge is -2.10. The molecule has 0 aromatic rings. The summed E-state index contributed by atoms with van der Waals surface area (Å²) in [6.07, 6.45) is 18.9. The molecular formula is C24H44O4. The number of unbranched alkanes of at least 4 members (excludes halogenated alkanes) is 10. The fourth-order valence-corrected chi connectivity index (χ4v) is 2.81. The summed E-state index contributed by atoms with van der Waals surface area (Å²) >= 11 is 0. The lowest BCUT2D eigenvalue weighted by atomic mass is 10.1. The van der Waals surface area contributed by atoms with E-state index in [0.717, 1.165) is 38.5 Å². The molecule has 164 valence electrons. The number of esters is 2. The van der Waals surface area contributed by atoms with Gasteiger partial charge in [0.05, 0.1) is 12.2 Å². The van der Waals surface area contributed by atoms with Crippen molar-refractivity contribution in [2.75, 3.05) is 0 Å². The van der Waals surface area contributed by atoms with Gasteiger partial charge in [-0.2, -0.15) is 0 Å². The summed E-state index contributed by atoms with van der Waals surface area (Å²) in [5.74, 6) is -0.265. The molecule has 0 aromatic heterocycles. The maximum atomic E-state index is 11.6. The van der Waals surface area contributed by atoms with E-state index in [0.29, 0.717) is 6.42 Å². The van der Waals surface area contributed by atoms with Crippen molar-refractivity contribution < 1.29 is 19.1 Å². The van der Waals surface area contributed by atoms with Crippen LogP contribution in [-0.2, 0) is 19.1 Å². The van der Waals surface area contributed by atoms with Crippen LogP contribution in [0, 0.1) is 0 Å². The molecule has 0 radical (unpaired) electrons. The van der Waals surface area contributed by atoms with Crippen molar-refractivity contribution in [3.63, 3.8) is 0 Å². The Kier molecular flexibility index (Phi) is 18.1. The number of allylic oxidation sites excluding steroid dienone is 1. The summed E-state index contributed by atoms with van der Waals surface area (Å²) in [5.41, 5.74) is 0. The number of hydrogen-bond donors (Lipinski definition) is 0. The highest BCUT2D eigenvalue weighted by Crippen LogP contribution is 2.13. The van der Waals surface area contributed by atoms with E-state index in [1.807, 2.05) is 33.8 Å². The van der Waals surface area contributed by atoms with Gasteiger partial charge in [0.25, 0.3) is 0 Å². The SMILES string of the molecule is CCC(C)OC(=O)/C=C/CCCCCCCCCCCCC(=O)OC(C)CC. The van der Waals surface area contributed by atoms with Crippen molar-refractivity contribution in [1.29, 1.82) is 0 Å². The van der Waals surface area contributed by atoms with Gasteiger partial charge in [0.2, 0.25) is 0 Å². The first-order valence-electron chi connectivity index (χ1n) is 11.6. The van der Waals surface area contributed by atoms with Gasteiger partial charge in [0.1, 0.15) is 0 Å². The third kappa shape index (κ3) is 18.1. The minimum Gasteiger partial charge on any atom is -0.463 e. The molecule has 0 aliphatic heterocycles. The Morgan fingerprint density at radius 1 is 0.714 bits per heavy atom. The quantitative estimate of drug-likeness (QED) is 0.143. The molecule has 0 saturated heterocycles. The molecular weight excluding hydrogens is 352 g/mol. The fourth-order valence-electron chi connectivity index (χ4n) is 2.81. The number of rotatable bonds is 18. The molecule has 2 atom stereocenters. The highest BCUT2D eigenvalue weighted by atomic mass is 16.5. The molecule has 28 heavy (non-hydrogen) atoms. The van der Waals surface area contributed by atoms with Crippen molar-refractivity contribution in [3.05, 3.63) is 12.2 Å². The van der Waals surface area contributed by atoms with Crippen LogP contribution in [0.1, 0.15) is 118 Å². The standard InChI is InChI=1S/C24H44O4/c1-5-21(3)27-23(25)19-17-15-13-11-9-7-8-10-12-14-16-18-20-24(26)28-22(4)6-2/h17,19,21-22H,5-16,18,20H2,1-4H3/b19-17+. The maximum absolute atomic E-state index is 11.6. The van der Waals surface area contributed by atoms with Crippen LogP contribution in [0.4, 0.5) is 0 Å². The van der Waals surface area contributed by atoms with Crippen molar-refractivity contribution in [2.24, 2.45) is 0 Å². The second-order valence-electron chi connectivity index (χ2n) is 7.84. The van der Waals surface area contributed by atoms with Crippen LogP contribution >= 0.6 is 0 Å². The minimum atomic E-state index is -0.221. The molecule has 0 N–H and O–H groups in total. The zero-order valence-electron chi connectivity index (χ0n) is 18.8. The van der Waals surface area contributed by atoms with E-state index in [2.05, 4.69) is 0 Å². The molecule has 0 bridgehead atoms. The topological polar surface area (TPSA) is 52.6 Å². The van der Waals surface area contributed by atoms with Gasteiger partial charge in [-0.1, -0.05) is 71.3 Å². The molecule has 0 spiro atoms. The molecule has 0 fully saturated rings. The predicted molar refractivity (Wildman–Crippen MR) is 116 cm³/mol. The van der Waals surface area contributed by atoms with E-state index in [1.54, 1.807) is 6.08 Å². The molecule has 4 nitrogen and oxygen atoms in total. The van der Waals surface area contributed by atoms with Gasteiger partial charge in [0, 0.05) is 12.5 Å². The van der Waals surface area contributed by atoms with E-state index in [4.69, 9.17) is 9.47 Å². The van der Waals surface area contributed by atoms with E-state index in [9.17, 15) is 9.59 Å². The van der Waals surface area contributed by atoms with Gasteiger partial charge in [-0.05, 0) is 46.0 Å². The minimum absolute atomic E-state index is 0.00303. The Morgan fingerprint density at radius 2 is 1.18 bits per heavy atom. The van der Waals surface area contributed by atoms with Crippen LogP contribution in [0.3, 0.4) is 0 Å². The Labute approximate surface area is 173 Å². The lowest BCUT2D eigenvalue weighted by Crippen LogP contribution is -2.13. The predicted octanol–water partition coefficient (Wildman–Crippen LogP) is 6.91. The highest BCUT2D eigenvalue weighted by Gasteiger charge is 2.06. The van der Waals surface area contributed by atoms with Crippen molar-refractivity contribution in [3.8, 4) is 0 Å². The monoisotopic (exact) mass is 396 g/mol. The van der Waals surface area contributed by atoms with Crippen LogP contribution in [0.2, 0.25) is 0 Å². The third-order valence-corrected chi connectivity index (χ3v) is 5.06. The molecule has 0 aliphatic carbocycles. The summed E-state index contributed by atoms with van der Waals surface area (Å²) in [6.45, 7) is 7.90. The average Bonchev–Trinajstić information content (AvgIpc) is 2.67. The van der Waals surface area contributed by atoms with E-state index < -0.39 is 0 Å². The Hall–Kier alpha value is -1.32. The van der Waals surface area contributed by atoms with Crippen LogP contribution in [0.5, 0.6) is 0 Å². The van der Waals surface area contributed by atoms with E-state index in [1.165, 1.54) is 44.9 Å². The van der Waals surface area contributed by atoms with Crippen molar-refractivity contribution in [1.82, 2.24) is 0 Å². The van der Waals surface area contributed by atoms with Gasteiger partial charge < -0.3 is 9.47 Å². The molecule has 4 heteroatoms. The molecule has 0 aliphatic rings. The highest BCUT2D eigenvalue weighted by molar-refractivity contribution is 5.81. The number of carbonyl (C=O) groups excluding carboxylic acids is 2. The van der Waals surface area contributed by atoms with Crippen molar-refractivity contribution in [2.45, 2.75) is 130 Å². The van der Waals surface area contributed by atoms with Gasteiger partial charge in [-0.15, -0.1) is 0 Å². The van der Waals surface area contributed by atoms with Crippen LogP contribution in [-0.4, -0.2) is 24.1 Å². The summed E-state index contributed by atoms with van der Waals surface area (Å²) in [7, 11) is 0. The average molecular weight is 397 g/mol. The Balaban J connectivity index is 3.32. The number of ether oxygens (including phenoxy) is 2. The summed E-state index contributed by atoms with van der Waals surface area (Å²) in [6, 6.07) is 0. The van der Waals surface area contributed by atoms with Gasteiger partial charge in [-0.25, -0.2) is 4.79 Å². The largest absolute Gasteiger partial charge is 0.463 e. The first-order chi connectivity index (χ1) is 13.5. The first-order valence-corrected chi connectivity index (χ1v) is 11.6. The smallest absolute Gasteiger partial charge is 0.330 e. The molecule has 0 saturated carbocycles. The second kappa shape index (κ2) is 19.0. The van der Waals surface area contributed by atoms with Crippen LogP contribution in [0.25, 0.3) is 0 Å². The number of carbonyl (C=O) groups is 2.